The smallest absolute Gasteiger partial charge is 0.0782 e. The molecule has 0 saturated carbocycles. The van der Waals surface area contributed by atoms with Crippen LogP contribution < -0.4 is 10.6 Å². The summed E-state index contributed by atoms with van der Waals surface area (Å²) in [7, 11) is 0. The average molecular weight is 222 g/mol. The topological polar surface area (TPSA) is 69.7 Å². The van der Waals surface area contributed by atoms with E-state index in [1.165, 1.54) is 0 Å². The summed E-state index contributed by atoms with van der Waals surface area (Å²) in [5.41, 5.74) is 8.16. The number of aliphatic hydroxyl groups is 2. The molecule has 1 fully saturated rings. The van der Waals surface area contributed by atoms with Crippen LogP contribution in [0.15, 0.2) is 18.2 Å². The van der Waals surface area contributed by atoms with Crippen molar-refractivity contribution in [3.8, 4) is 0 Å². The minimum absolute atomic E-state index is 0.243. The van der Waals surface area contributed by atoms with E-state index in [1.54, 1.807) is 6.92 Å². The minimum atomic E-state index is -0.563. The van der Waals surface area contributed by atoms with Crippen molar-refractivity contribution in [2.45, 2.75) is 25.6 Å². The van der Waals surface area contributed by atoms with Crippen molar-refractivity contribution in [3.63, 3.8) is 0 Å². The lowest BCUT2D eigenvalue weighted by molar-refractivity contribution is 0.198. The van der Waals surface area contributed by atoms with Crippen LogP contribution in [0.2, 0.25) is 0 Å². The van der Waals surface area contributed by atoms with E-state index < -0.39 is 6.10 Å². The quantitative estimate of drug-likeness (QED) is 0.650. The molecule has 0 spiro atoms. The van der Waals surface area contributed by atoms with Crippen molar-refractivity contribution in [1.82, 2.24) is 0 Å². The predicted octanol–water partition coefficient (Wildman–Crippen LogP) is 0.893. The molecule has 2 atom stereocenters. The van der Waals surface area contributed by atoms with E-state index in [4.69, 9.17) is 5.73 Å². The molecular weight excluding hydrogens is 204 g/mol. The highest BCUT2D eigenvalue weighted by atomic mass is 16.3. The van der Waals surface area contributed by atoms with Gasteiger partial charge in [0.2, 0.25) is 0 Å². The van der Waals surface area contributed by atoms with Crippen LogP contribution in [0.3, 0.4) is 0 Å². The van der Waals surface area contributed by atoms with E-state index >= 15 is 0 Å². The minimum Gasteiger partial charge on any atom is -0.398 e. The first-order valence-electron chi connectivity index (χ1n) is 5.58. The van der Waals surface area contributed by atoms with Gasteiger partial charge in [-0.3, -0.25) is 0 Å². The highest BCUT2D eigenvalue weighted by Crippen LogP contribution is 2.28. The second-order valence-corrected chi connectivity index (χ2v) is 4.38. The number of nitrogens with two attached hydrogens (primary N) is 1. The zero-order valence-corrected chi connectivity index (χ0v) is 9.43. The number of rotatable bonds is 2. The molecule has 2 unspecified atom stereocenters. The number of anilines is 2. The first kappa shape index (κ1) is 11.2. The molecule has 1 heterocycles. The maximum atomic E-state index is 9.58. The third kappa shape index (κ3) is 2.13. The third-order valence-electron chi connectivity index (χ3n) is 3.05. The van der Waals surface area contributed by atoms with Gasteiger partial charge >= 0.3 is 0 Å². The molecule has 1 saturated heterocycles. The summed E-state index contributed by atoms with van der Waals surface area (Å²) >= 11 is 0. The van der Waals surface area contributed by atoms with Crippen molar-refractivity contribution in [1.29, 1.82) is 0 Å². The fourth-order valence-electron chi connectivity index (χ4n) is 2.10. The number of benzene rings is 1. The Labute approximate surface area is 95.3 Å². The maximum absolute atomic E-state index is 9.58. The van der Waals surface area contributed by atoms with E-state index in [9.17, 15) is 10.2 Å². The van der Waals surface area contributed by atoms with Gasteiger partial charge in [0.25, 0.3) is 0 Å². The molecule has 4 N–H and O–H groups in total. The van der Waals surface area contributed by atoms with Crippen LogP contribution in [0, 0.1) is 0 Å². The van der Waals surface area contributed by atoms with Gasteiger partial charge in [-0.05, 0) is 31.5 Å². The monoisotopic (exact) mass is 222 g/mol. The van der Waals surface area contributed by atoms with Gasteiger partial charge in [0.15, 0.2) is 0 Å². The van der Waals surface area contributed by atoms with Crippen LogP contribution in [-0.2, 0) is 0 Å². The van der Waals surface area contributed by atoms with Crippen LogP contribution in [-0.4, -0.2) is 29.4 Å². The van der Waals surface area contributed by atoms with Crippen molar-refractivity contribution in [2.75, 3.05) is 23.7 Å². The standard InChI is InChI=1S/C12H18N2O2/c1-8(15)11-6-9(2-3-12(11)13)14-5-4-10(16)7-14/h2-3,6,8,10,15-16H,4-5,7,13H2,1H3. The summed E-state index contributed by atoms with van der Waals surface area (Å²) in [4.78, 5) is 2.11. The molecule has 1 aliphatic rings. The lowest BCUT2D eigenvalue weighted by atomic mass is 10.1. The van der Waals surface area contributed by atoms with Gasteiger partial charge in [-0.2, -0.15) is 0 Å². The molecule has 0 radical (unpaired) electrons. The summed E-state index contributed by atoms with van der Waals surface area (Å²) in [6, 6.07) is 5.64. The first-order chi connectivity index (χ1) is 7.58. The number of hydrogen-bond donors (Lipinski definition) is 3. The molecule has 16 heavy (non-hydrogen) atoms. The van der Waals surface area contributed by atoms with Gasteiger partial charge in [-0.1, -0.05) is 0 Å². The van der Waals surface area contributed by atoms with E-state index in [2.05, 4.69) is 4.90 Å². The number of β-amino-alcohol motifs (C(OH)–C–C–N with tert-alkyl or cyclic N) is 1. The molecule has 4 nitrogen and oxygen atoms in total. The van der Waals surface area contributed by atoms with Crippen molar-refractivity contribution in [3.05, 3.63) is 23.8 Å². The Morgan fingerprint density at radius 1 is 1.50 bits per heavy atom. The van der Waals surface area contributed by atoms with Gasteiger partial charge in [0, 0.05) is 30.0 Å². The van der Waals surface area contributed by atoms with Gasteiger partial charge in [0.1, 0.15) is 0 Å². The molecule has 1 aromatic carbocycles. The van der Waals surface area contributed by atoms with E-state index in [0.717, 1.165) is 24.2 Å². The largest absolute Gasteiger partial charge is 0.398 e. The van der Waals surface area contributed by atoms with Crippen LogP contribution in [0.1, 0.15) is 25.0 Å². The van der Waals surface area contributed by atoms with Crippen LogP contribution in [0.25, 0.3) is 0 Å². The molecule has 1 aliphatic heterocycles. The van der Waals surface area contributed by atoms with E-state index in [0.29, 0.717) is 12.2 Å². The SMILES string of the molecule is CC(O)c1cc(N2CCC(O)C2)ccc1N. The molecule has 0 amide bonds. The van der Waals surface area contributed by atoms with Gasteiger partial charge < -0.3 is 20.8 Å². The summed E-state index contributed by atoms with van der Waals surface area (Å²) in [5.74, 6) is 0. The average Bonchev–Trinajstić information content (AvgIpc) is 2.65. The van der Waals surface area contributed by atoms with Crippen LogP contribution >= 0.6 is 0 Å². The van der Waals surface area contributed by atoms with Gasteiger partial charge in [-0.15, -0.1) is 0 Å². The van der Waals surface area contributed by atoms with Crippen LogP contribution in [0.5, 0.6) is 0 Å². The number of nitrogens with zero attached hydrogens (tertiary/aromatic N) is 1. The number of hydrogen-bond acceptors (Lipinski definition) is 4. The molecule has 0 bridgehead atoms. The molecule has 2 rings (SSSR count). The van der Waals surface area contributed by atoms with Crippen molar-refractivity contribution in [2.24, 2.45) is 0 Å². The second kappa shape index (κ2) is 4.31. The number of aliphatic hydroxyl groups excluding tert-OH is 2. The number of nitrogen functional groups attached to an aromatic ring is 1. The summed E-state index contributed by atoms with van der Waals surface area (Å²) < 4.78 is 0. The van der Waals surface area contributed by atoms with Gasteiger partial charge in [-0.25, -0.2) is 0 Å². The highest BCUT2D eigenvalue weighted by Gasteiger charge is 2.21. The Kier molecular flexibility index (Phi) is 3.03. The fraction of sp³-hybridized carbons (Fsp3) is 0.500. The lowest BCUT2D eigenvalue weighted by Crippen LogP contribution is -2.21. The first-order valence-corrected chi connectivity index (χ1v) is 5.58. The molecule has 0 aliphatic carbocycles. The zero-order chi connectivity index (χ0) is 11.7. The normalized spacial score (nSPS) is 22.4. The van der Waals surface area contributed by atoms with Crippen molar-refractivity contribution < 1.29 is 10.2 Å². The van der Waals surface area contributed by atoms with Crippen LogP contribution in [0.4, 0.5) is 11.4 Å². The molecular formula is C12H18N2O2. The summed E-state index contributed by atoms with van der Waals surface area (Å²) in [5, 5.41) is 19.1. The summed E-state index contributed by atoms with van der Waals surface area (Å²) in [6.45, 7) is 3.21. The molecule has 1 aromatic rings. The van der Waals surface area contributed by atoms with Crippen molar-refractivity contribution >= 4 is 11.4 Å². The van der Waals surface area contributed by atoms with E-state index in [1.807, 2.05) is 18.2 Å². The Bertz CT molecular complexity index is 379. The molecule has 88 valence electrons. The van der Waals surface area contributed by atoms with E-state index in [-0.39, 0.29) is 6.10 Å². The summed E-state index contributed by atoms with van der Waals surface area (Å²) in [6.07, 6.45) is -0.00554. The second-order valence-electron chi connectivity index (χ2n) is 4.38. The predicted molar refractivity (Wildman–Crippen MR) is 64.3 cm³/mol. The molecule has 4 heteroatoms. The third-order valence-corrected chi connectivity index (χ3v) is 3.05. The molecule has 0 aromatic heterocycles. The lowest BCUT2D eigenvalue weighted by Gasteiger charge is -2.20. The Morgan fingerprint density at radius 2 is 2.25 bits per heavy atom. The Hall–Kier alpha value is -1.26. The highest BCUT2D eigenvalue weighted by molar-refractivity contribution is 5.59. The zero-order valence-electron chi connectivity index (χ0n) is 9.43. The Morgan fingerprint density at radius 3 is 2.81 bits per heavy atom. The fourth-order valence-corrected chi connectivity index (χ4v) is 2.10. The maximum Gasteiger partial charge on any atom is 0.0782 e. The van der Waals surface area contributed by atoms with Gasteiger partial charge in [0.05, 0.1) is 12.2 Å². The Balaban J connectivity index is 2.25.